The second-order valence-corrected chi connectivity index (χ2v) is 7.14. The van der Waals surface area contributed by atoms with Crippen LogP contribution in [-0.4, -0.2) is 26.7 Å². The lowest BCUT2D eigenvalue weighted by Crippen LogP contribution is -2.20. The van der Waals surface area contributed by atoms with Gasteiger partial charge >= 0.3 is 5.97 Å². The molecule has 106 valence electrons. The van der Waals surface area contributed by atoms with Crippen LogP contribution in [0.15, 0.2) is 16.5 Å². The number of carbonyl (C=O) groups excluding carboxylic acids is 1. The molecule has 0 bridgehead atoms. The highest BCUT2D eigenvalue weighted by molar-refractivity contribution is 7.89. The van der Waals surface area contributed by atoms with Crippen LogP contribution in [0.5, 0.6) is 0 Å². The van der Waals surface area contributed by atoms with E-state index in [0.29, 0.717) is 0 Å². The molecule has 1 heterocycles. The van der Waals surface area contributed by atoms with Crippen molar-refractivity contribution in [2.45, 2.75) is 44.0 Å². The van der Waals surface area contributed by atoms with Crippen molar-refractivity contribution in [1.82, 2.24) is 0 Å². The maximum Gasteiger partial charge on any atom is 0.374 e. The summed E-state index contributed by atoms with van der Waals surface area (Å²) >= 11 is 0. The molecule has 0 unspecified atom stereocenters. The zero-order chi connectivity index (χ0) is 13.9. The Labute approximate surface area is 112 Å². The van der Waals surface area contributed by atoms with Gasteiger partial charge in [0.1, 0.15) is 17.6 Å². The Bertz CT molecular complexity index is 537. The van der Waals surface area contributed by atoms with Gasteiger partial charge in [0.2, 0.25) is 5.76 Å². The van der Waals surface area contributed by atoms with E-state index < -0.39 is 15.8 Å². The third-order valence-electron chi connectivity index (χ3n) is 3.09. The molecule has 0 spiro atoms. The molecule has 0 N–H and O–H groups in total. The van der Waals surface area contributed by atoms with Crippen molar-refractivity contribution in [1.29, 1.82) is 0 Å². The largest absolute Gasteiger partial charge is 0.457 e. The molecule has 1 aliphatic rings. The molecule has 0 radical (unpaired) electrons. The average Bonchev–Trinajstić information content (AvgIpc) is 2.76. The van der Waals surface area contributed by atoms with Gasteiger partial charge in [0.15, 0.2) is 9.84 Å². The molecule has 6 heteroatoms. The van der Waals surface area contributed by atoms with Crippen LogP contribution in [0.2, 0.25) is 0 Å². The zero-order valence-corrected chi connectivity index (χ0v) is 11.7. The van der Waals surface area contributed by atoms with Crippen LogP contribution < -0.4 is 0 Å². The SMILES string of the molecule is CS(=O)(=O)Cc1ccc(C(=O)OC2CCCCC2)o1. The van der Waals surface area contributed by atoms with Crippen molar-refractivity contribution in [3.05, 3.63) is 23.7 Å². The number of hydrogen-bond acceptors (Lipinski definition) is 5. The number of hydrogen-bond donors (Lipinski definition) is 0. The molecule has 19 heavy (non-hydrogen) atoms. The van der Waals surface area contributed by atoms with Crippen LogP contribution in [0.25, 0.3) is 0 Å². The van der Waals surface area contributed by atoms with Crippen molar-refractivity contribution in [2.75, 3.05) is 6.26 Å². The van der Waals surface area contributed by atoms with Crippen LogP contribution >= 0.6 is 0 Å². The van der Waals surface area contributed by atoms with Gasteiger partial charge in [-0.25, -0.2) is 13.2 Å². The minimum Gasteiger partial charge on any atom is -0.457 e. The Balaban J connectivity index is 1.95. The molecule has 5 nitrogen and oxygen atoms in total. The summed E-state index contributed by atoms with van der Waals surface area (Å²) in [6, 6.07) is 2.96. The number of carbonyl (C=O) groups is 1. The zero-order valence-electron chi connectivity index (χ0n) is 10.9. The molecule has 0 aliphatic heterocycles. The van der Waals surface area contributed by atoms with Crippen molar-refractivity contribution < 1.29 is 22.4 Å². The van der Waals surface area contributed by atoms with Gasteiger partial charge in [0, 0.05) is 6.26 Å². The maximum atomic E-state index is 11.8. The molecule has 0 saturated heterocycles. The first-order chi connectivity index (χ1) is 8.94. The second kappa shape index (κ2) is 5.77. The summed E-state index contributed by atoms with van der Waals surface area (Å²) in [6.45, 7) is 0. The summed E-state index contributed by atoms with van der Waals surface area (Å²) in [5.74, 6) is -0.377. The van der Waals surface area contributed by atoms with Gasteiger partial charge in [-0.1, -0.05) is 6.42 Å². The van der Waals surface area contributed by atoms with E-state index in [9.17, 15) is 13.2 Å². The van der Waals surface area contributed by atoms with E-state index >= 15 is 0 Å². The molecule has 1 aromatic rings. The lowest BCUT2D eigenvalue weighted by molar-refractivity contribution is 0.0175. The molecule has 0 amide bonds. The quantitative estimate of drug-likeness (QED) is 0.794. The lowest BCUT2D eigenvalue weighted by atomic mass is 9.98. The van der Waals surface area contributed by atoms with Crippen molar-refractivity contribution in [3.63, 3.8) is 0 Å². The van der Waals surface area contributed by atoms with Crippen LogP contribution in [0, 0.1) is 0 Å². The number of rotatable bonds is 4. The topological polar surface area (TPSA) is 73.6 Å². The lowest BCUT2D eigenvalue weighted by Gasteiger charge is -2.21. The smallest absolute Gasteiger partial charge is 0.374 e. The summed E-state index contributed by atoms with van der Waals surface area (Å²) in [4.78, 5) is 11.8. The van der Waals surface area contributed by atoms with E-state index in [1.807, 2.05) is 0 Å². The maximum absolute atomic E-state index is 11.8. The van der Waals surface area contributed by atoms with Gasteiger partial charge < -0.3 is 9.15 Å². The van der Waals surface area contributed by atoms with Crippen LogP contribution in [0.1, 0.15) is 48.4 Å². The Morgan fingerprint density at radius 1 is 1.32 bits per heavy atom. The van der Waals surface area contributed by atoms with E-state index in [2.05, 4.69) is 0 Å². The second-order valence-electron chi connectivity index (χ2n) is 5.00. The molecular weight excluding hydrogens is 268 g/mol. The van der Waals surface area contributed by atoms with Gasteiger partial charge in [-0.15, -0.1) is 0 Å². The van der Waals surface area contributed by atoms with E-state index in [1.54, 1.807) is 0 Å². The van der Waals surface area contributed by atoms with Gasteiger partial charge in [-0.2, -0.15) is 0 Å². The minimum absolute atomic E-state index is 0.0373. The van der Waals surface area contributed by atoms with E-state index in [0.717, 1.165) is 31.9 Å². The fourth-order valence-corrected chi connectivity index (χ4v) is 2.89. The third kappa shape index (κ3) is 4.38. The highest BCUT2D eigenvalue weighted by Crippen LogP contribution is 2.22. The van der Waals surface area contributed by atoms with E-state index in [1.165, 1.54) is 18.6 Å². The Kier molecular flexibility index (Phi) is 4.29. The Morgan fingerprint density at radius 3 is 2.63 bits per heavy atom. The summed E-state index contributed by atoms with van der Waals surface area (Å²) in [6.07, 6.45) is 6.21. The fraction of sp³-hybridized carbons (Fsp3) is 0.615. The molecule has 1 fully saturated rings. The van der Waals surface area contributed by atoms with Gasteiger partial charge in [-0.05, 0) is 37.8 Å². The first-order valence-electron chi connectivity index (χ1n) is 6.41. The monoisotopic (exact) mass is 286 g/mol. The predicted molar refractivity (Wildman–Crippen MR) is 69.5 cm³/mol. The summed E-state index contributed by atoms with van der Waals surface area (Å²) in [5.41, 5.74) is 0. The normalized spacial score (nSPS) is 17.3. The minimum atomic E-state index is -3.16. The van der Waals surface area contributed by atoms with Crippen molar-refractivity contribution in [3.8, 4) is 0 Å². The number of ether oxygens (including phenoxy) is 1. The first kappa shape index (κ1) is 14.1. The van der Waals surface area contributed by atoms with Crippen molar-refractivity contribution in [2.24, 2.45) is 0 Å². The summed E-state index contributed by atoms with van der Waals surface area (Å²) in [7, 11) is -3.16. The number of sulfone groups is 1. The number of esters is 1. The van der Waals surface area contributed by atoms with Crippen LogP contribution in [0.3, 0.4) is 0 Å². The standard InChI is InChI=1S/C13H18O5S/c1-19(15,16)9-11-7-8-12(17-11)13(14)18-10-5-3-2-4-6-10/h7-8,10H,2-6,9H2,1H3. The van der Waals surface area contributed by atoms with Gasteiger partial charge in [0.25, 0.3) is 0 Å². The highest BCUT2D eigenvalue weighted by Gasteiger charge is 2.21. The predicted octanol–water partition coefficient (Wildman–Crippen LogP) is 2.31. The van der Waals surface area contributed by atoms with Gasteiger partial charge in [-0.3, -0.25) is 0 Å². The highest BCUT2D eigenvalue weighted by atomic mass is 32.2. The molecular formula is C13H18O5S. The first-order valence-corrected chi connectivity index (χ1v) is 8.47. The molecule has 1 aliphatic carbocycles. The van der Waals surface area contributed by atoms with Crippen molar-refractivity contribution >= 4 is 15.8 Å². The Morgan fingerprint density at radius 2 is 2.00 bits per heavy atom. The third-order valence-corrected chi connectivity index (χ3v) is 3.90. The number of furan rings is 1. The average molecular weight is 286 g/mol. The van der Waals surface area contributed by atoms with Gasteiger partial charge in [0.05, 0.1) is 0 Å². The molecule has 1 aromatic heterocycles. The van der Waals surface area contributed by atoms with Crippen LogP contribution in [0.4, 0.5) is 0 Å². The van der Waals surface area contributed by atoms with Crippen LogP contribution in [-0.2, 0) is 20.3 Å². The molecule has 2 rings (SSSR count). The molecule has 0 atom stereocenters. The van der Waals surface area contributed by atoms with E-state index in [4.69, 9.17) is 9.15 Å². The molecule has 1 saturated carbocycles. The summed E-state index contributed by atoms with van der Waals surface area (Å²) < 4.78 is 32.8. The summed E-state index contributed by atoms with van der Waals surface area (Å²) in [5, 5.41) is 0. The Hall–Kier alpha value is -1.30. The fourth-order valence-electron chi connectivity index (χ4n) is 2.22. The molecule has 0 aromatic carbocycles. The van der Waals surface area contributed by atoms with E-state index in [-0.39, 0.29) is 23.4 Å².